The highest BCUT2D eigenvalue weighted by Gasteiger charge is 2.45. The highest BCUT2D eigenvalue weighted by atomic mass is 35.5. The van der Waals surface area contributed by atoms with Crippen molar-refractivity contribution in [2.45, 2.75) is 18.3 Å². The number of hydrogen-bond acceptors (Lipinski definition) is 0. The van der Waals surface area contributed by atoms with Gasteiger partial charge in [0, 0.05) is 15.5 Å². The Hall–Kier alpha value is -0.980. The van der Waals surface area contributed by atoms with Gasteiger partial charge in [0.05, 0.1) is 0 Å². The van der Waals surface area contributed by atoms with Gasteiger partial charge in [-0.3, -0.25) is 0 Å². The first kappa shape index (κ1) is 11.1. The van der Waals surface area contributed by atoms with Gasteiger partial charge in [-0.15, -0.1) is 0 Å². The molecule has 2 aromatic rings. The second-order valence-electron chi connectivity index (χ2n) is 4.61. The van der Waals surface area contributed by atoms with Crippen LogP contribution in [0.25, 0.3) is 0 Å². The number of benzene rings is 2. The Morgan fingerprint density at radius 2 is 1.35 bits per heavy atom. The number of rotatable bonds is 2. The molecule has 1 fully saturated rings. The summed E-state index contributed by atoms with van der Waals surface area (Å²) in [7, 11) is 0. The monoisotopic (exact) mass is 262 g/mol. The highest BCUT2D eigenvalue weighted by molar-refractivity contribution is 6.34. The third-order valence-corrected chi connectivity index (χ3v) is 3.93. The quantitative estimate of drug-likeness (QED) is 0.709. The van der Waals surface area contributed by atoms with Crippen molar-refractivity contribution < 1.29 is 0 Å². The average molecular weight is 263 g/mol. The lowest BCUT2D eigenvalue weighted by Gasteiger charge is -2.17. The first-order chi connectivity index (χ1) is 8.21. The van der Waals surface area contributed by atoms with Crippen molar-refractivity contribution in [2.75, 3.05) is 0 Å². The first-order valence-electron chi connectivity index (χ1n) is 5.73. The van der Waals surface area contributed by atoms with Gasteiger partial charge in [-0.2, -0.15) is 0 Å². The van der Waals surface area contributed by atoms with Crippen molar-refractivity contribution in [3.8, 4) is 0 Å². The van der Waals surface area contributed by atoms with Crippen molar-refractivity contribution in [2.24, 2.45) is 0 Å². The molecule has 0 unspecified atom stereocenters. The SMILES string of the molecule is Clc1cc(Cl)cc(C2(c3ccccc3)CC2)c1. The van der Waals surface area contributed by atoms with Crippen LogP contribution in [0.2, 0.25) is 10.0 Å². The highest BCUT2D eigenvalue weighted by Crippen LogP contribution is 2.54. The lowest BCUT2D eigenvalue weighted by Crippen LogP contribution is -2.08. The molecule has 0 aliphatic heterocycles. The van der Waals surface area contributed by atoms with Gasteiger partial charge in [-0.1, -0.05) is 53.5 Å². The van der Waals surface area contributed by atoms with E-state index in [4.69, 9.17) is 23.2 Å². The van der Waals surface area contributed by atoms with Crippen molar-refractivity contribution in [1.82, 2.24) is 0 Å². The Kier molecular flexibility index (Phi) is 2.65. The van der Waals surface area contributed by atoms with Crippen LogP contribution >= 0.6 is 23.2 Å². The van der Waals surface area contributed by atoms with E-state index in [1.165, 1.54) is 24.0 Å². The molecule has 0 atom stereocenters. The fourth-order valence-corrected chi connectivity index (χ4v) is 2.98. The molecule has 3 rings (SSSR count). The second kappa shape index (κ2) is 4.04. The molecule has 86 valence electrons. The Labute approximate surface area is 111 Å². The standard InChI is InChI=1S/C15H12Cl2/c16-13-8-12(9-14(17)10-13)15(6-7-15)11-4-2-1-3-5-11/h1-5,8-10H,6-7H2. The molecule has 0 radical (unpaired) electrons. The van der Waals surface area contributed by atoms with Gasteiger partial charge in [0.1, 0.15) is 0 Å². The molecule has 0 aromatic heterocycles. The minimum atomic E-state index is 0.149. The van der Waals surface area contributed by atoms with Gasteiger partial charge in [0.15, 0.2) is 0 Å². The molecule has 0 N–H and O–H groups in total. The van der Waals surface area contributed by atoms with Gasteiger partial charge >= 0.3 is 0 Å². The van der Waals surface area contributed by atoms with Crippen molar-refractivity contribution >= 4 is 23.2 Å². The maximum Gasteiger partial charge on any atom is 0.0423 e. The van der Waals surface area contributed by atoms with Gasteiger partial charge in [-0.05, 0) is 42.2 Å². The molecule has 1 saturated carbocycles. The van der Waals surface area contributed by atoms with E-state index in [0.29, 0.717) is 0 Å². The summed E-state index contributed by atoms with van der Waals surface area (Å²) in [4.78, 5) is 0. The van der Waals surface area contributed by atoms with Crippen molar-refractivity contribution in [3.63, 3.8) is 0 Å². The lowest BCUT2D eigenvalue weighted by atomic mass is 9.88. The van der Waals surface area contributed by atoms with Crippen LogP contribution in [0.4, 0.5) is 0 Å². The molecule has 17 heavy (non-hydrogen) atoms. The molecule has 1 aliphatic rings. The Morgan fingerprint density at radius 3 is 1.88 bits per heavy atom. The zero-order valence-electron chi connectivity index (χ0n) is 9.29. The van der Waals surface area contributed by atoms with Gasteiger partial charge in [0.25, 0.3) is 0 Å². The summed E-state index contributed by atoms with van der Waals surface area (Å²) in [5.41, 5.74) is 2.75. The molecule has 0 heterocycles. The third kappa shape index (κ3) is 1.96. The van der Waals surface area contributed by atoms with Crippen molar-refractivity contribution in [3.05, 3.63) is 69.7 Å². The molecule has 2 aromatic carbocycles. The maximum atomic E-state index is 6.09. The van der Waals surface area contributed by atoms with E-state index in [1.54, 1.807) is 6.07 Å². The van der Waals surface area contributed by atoms with Crippen LogP contribution in [0.1, 0.15) is 24.0 Å². The Balaban J connectivity index is 2.09. The predicted molar refractivity (Wildman–Crippen MR) is 72.9 cm³/mol. The van der Waals surface area contributed by atoms with Crippen LogP contribution in [0.3, 0.4) is 0 Å². The molecular formula is C15H12Cl2. The first-order valence-corrected chi connectivity index (χ1v) is 6.48. The molecule has 0 spiro atoms. The molecule has 0 amide bonds. The minimum Gasteiger partial charge on any atom is -0.0843 e. The fraction of sp³-hybridized carbons (Fsp3) is 0.200. The maximum absolute atomic E-state index is 6.09. The normalized spacial score (nSPS) is 16.8. The van der Waals surface area contributed by atoms with E-state index < -0.39 is 0 Å². The Morgan fingerprint density at radius 1 is 0.765 bits per heavy atom. The molecular weight excluding hydrogens is 251 g/mol. The summed E-state index contributed by atoms with van der Waals surface area (Å²) < 4.78 is 0. The van der Waals surface area contributed by atoms with Crippen LogP contribution in [0.5, 0.6) is 0 Å². The van der Waals surface area contributed by atoms with E-state index in [1.807, 2.05) is 18.2 Å². The van der Waals surface area contributed by atoms with Crippen LogP contribution in [0, 0.1) is 0 Å². The number of halogens is 2. The smallest absolute Gasteiger partial charge is 0.0423 e. The second-order valence-corrected chi connectivity index (χ2v) is 5.48. The summed E-state index contributed by atoms with van der Waals surface area (Å²) in [5.74, 6) is 0. The minimum absolute atomic E-state index is 0.149. The predicted octanol–water partition coefficient (Wildman–Crippen LogP) is 5.07. The van der Waals surface area contributed by atoms with E-state index >= 15 is 0 Å². The van der Waals surface area contributed by atoms with E-state index in [2.05, 4.69) is 24.3 Å². The summed E-state index contributed by atoms with van der Waals surface area (Å²) in [6.07, 6.45) is 2.35. The lowest BCUT2D eigenvalue weighted by molar-refractivity contribution is 0.847. The number of hydrogen-bond donors (Lipinski definition) is 0. The molecule has 0 nitrogen and oxygen atoms in total. The summed E-state index contributed by atoms with van der Waals surface area (Å²) in [5, 5.41) is 1.43. The summed E-state index contributed by atoms with van der Waals surface area (Å²) >= 11 is 12.2. The van der Waals surface area contributed by atoms with Crippen LogP contribution in [0.15, 0.2) is 48.5 Å². The van der Waals surface area contributed by atoms with E-state index in [-0.39, 0.29) is 5.41 Å². The molecule has 0 bridgehead atoms. The molecule has 0 saturated heterocycles. The zero-order chi connectivity index (χ0) is 11.9. The summed E-state index contributed by atoms with van der Waals surface area (Å²) in [6.45, 7) is 0. The van der Waals surface area contributed by atoms with Gasteiger partial charge < -0.3 is 0 Å². The van der Waals surface area contributed by atoms with E-state index in [9.17, 15) is 0 Å². The van der Waals surface area contributed by atoms with Gasteiger partial charge in [-0.25, -0.2) is 0 Å². The average Bonchev–Trinajstić information content (AvgIpc) is 3.10. The van der Waals surface area contributed by atoms with Crippen LogP contribution in [-0.4, -0.2) is 0 Å². The van der Waals surface area contributed by atoms with Crippen LogP contribution < -0.4 is 0 Å². The zero-order valence-corrected chi connectivity index (χ0v) is 10.8. The van der Waals surface area contributed by atoms with Crippen molar-refractivity contribution in [1.29, 1.82) is 0 Å². The van der Waals surface area contributed by atoms with E-state index in [0.717, 1.165) is 10.0 Å². The molecule has 2 heteroatoms. The largest absolute Gasteiger partial charge is 0.0843 e. The van der Waals surface area contributed by atoms with Gasteiger partial charge in [0.2, 0.25) is 0 Å². The topological polar surface area (TPSA) is 0 Å². The third-order valence-electron chi connectivity index (χ3n) is 3.49. The van der Waals surface area contributed by atoms with Crippen LogP contribution in [-0.2, 0) is 5.41 Å². The Bertz CT molecular complexity index is 522. The summed E-state index contributed by atoms with van der Waals surface area (Å²) in [6, 6.07) is 16.4. The fourth-order valence-electron chi connectivity index (χ4n) is 2.46. The molecule has 1 aliphatic carbocycles.